The third kappa shape index (κ3) is 4.54. The van der Waals surface area contributed by atoms with Crippen LogP contribution >= 0.6 is 0 Å². The van der Waals surface area contributed by atoms with Crippen LogP contribution in [-0.2, 0) is 9.53 Å². The molecule has 3 heterocycles. The van der Waals surface area contributed by atoms with Crippen LogP contribution in [0, 0.1) is 13.8 Å². The fourth-order valence-corrected chi connectivity index (χ4v) is 3.30. The lowest BCUT2D eigenvalue weighted by atomic mass is 9.94. The number of rotatable bonds is 5. The van der Waals surface area contributed by atoms with Gasteiger partial charge in [0.1, 0.15) is 12.4 Å². The van der Waals surface area contributed by atoms with Crippen molar-refractivity contribution in [1.29, 1.82) is 0 Å². The minimum atomic E-state index is 0.0371. The molecule has 1 saturated heterocycles. The Hall–Kier alpha value is -2.54. The molecule has 7 heteroatoms. The van der Waals surface area contributed by atoms with Crippen molar-refractivity contribution in [2.45, 2.75) is 32.6 Å². The average Bonchev–Trinajstić information content (AvgIpc) is 2.61. The Labute approximate surface area is 153 Å². The number of carbonyl (C=O) groups excluding carboxylic acids is 1. The molecule has 2 aromatic rings. The van der Waals surface area contributed by atoms with E-state index in [0.29, 0.717) is 18.3 Å². The van der Waals surface area contributed by atoms with Crippen molar-refractivity contribution in [2.24, 2.45) is 0 Å². The van der Waals surface area contributed by atoms with Crippen LogP contribution in [0.4, 0.5) is 11.8 Å². The van der Waals surface area contributed by atoms with E-state index in [1.54, 1.807) is 7.11 Å². The first-order valence-electron chi connectivity index (χ1n) is 8.88. The Kier molecular flexibility index (Phi) is 5.78. The van der Waals surface area contributed by atoms with Crippen molar-refractivity contribution in [3.63, 3.8) is 0 Å². The number of methoxy groups -OCH3 is 1. The Morgan fingerprint density at radius 3 is 2.77 bits per heavy atom. The molecular formula is C19H25N5O2. The van der Waals surface area contributed by atoms with Crippen LogP contribution in [0.5, 0.6) is 0 Å². The van der Waals surface area contributed by atoms with E-state index in [-0.39, 0.29) is 18.4 Å². The Balaban J connectivity index is 1.73. The van der Waals surface area contributed by atoms with Crippen molar-refractivity contribution in [2.75, 3.05) is 32.1 Å². The number of hydrogen-bond donors (Lipinski definition) is 1. The second kappa shape index (κ2) is 8.23. The summed E-state index contributed by atoms with van der Waals surface area (Å²) in [5, 5.41) is 3.19. The van der Waals surface area contributed by atoms with Gasteiger partial charge in [-0.3, -0.25) is 4.79 Å². The topological polar surface area (TPSA) is 80.2 Å². The standard InChI is InChI=1S/C19H25N5O2/c1-13-10-14(2)21-19(20-13)23-17-8-4-7-16(22-17)15-6-5-9-24(11-15)18(25)12-26-3/h4,7-8,10,15H,5-6,9,11-12H2,1-3H3,(H,20,21,22,23)/t15-/m1/s1. The van der Waals surface area contributed by atoms with Crippen LogP contribution < -0.4 is 5.32 Å². The quantitative estimate of drug-likeness (QED) is 0.888. The van der Waals surface area contributed by atoms with Crippen molar-refractivity contribution < 1.29 is 9.53 Å². The van der Waals surface area contributed by atoms with Crippen LogP contribution in [0.25, 0.3) is 0 Å². The molecule has 0 spiro atoms. The van der Waals surface area contributed by atoms with Crippen LogP contribution in [0.3, 0.4) is 0 Å². The van der Waals surface area contributed by atoms with Gasteiger partial charge >= 0.3 is 0 Å². The molecule has 1 atom stereocenters. The van der Waals surface area contributed by atoms with Gasteiger partial charge in [0.05, 0.1) is 0 Å². The van der Waals surface area contributed by atoms with Crippen molar-refractivity contribution in [3.8, 4) is 0 Å². The van der Waals surface area contributed by atoms with Gasteiger partial charge in [-0.15, -0.1) is 0 Å². The van der Waals surface area contributed by atoms with Crippen LogP contribution in [-0.4, -0.2) is 52.6 Å². The minimum absolute atomic E-state index is 0.0371. The fraction of sp³-hybridized carbons (Fsp3) is 0.474. The van der Waals surface area contributed by atoms with Gasteiger partial charge in [-0.05, 0) is 44.9 Å². The highest BCUT2D eigenvalue weighted by atomic mass is 16.5. The van der Waals surface area contributed by atoms with Crippen molar-refractivity contribution in [1.82, 2.24) is 19.9 Å². The molecule has 2 aromatic heterocycles. The second-order valence-corrected chi connectivity index (χ2v) is 6.66. The highest BCUT2D eigenvalue weighted by Gasteiger charge is 2.25. The van der Waals surface area contributed by atoms with Gasteiger partial charge < -0.3 is 15.0 Å². The van der Waals surface area contributed by atoms with E-state index >= 15 is 0 Å². The van der Waals surface area contributed by atoms with E-state index in [1.165, 1.54) is 0 Å². The van der Waals surface area contributed by atoms with Crippen LogP contribution in [0.1, 0.15) is 35.8 Å². The summed E-state index contributed by atoms with van der Waals surface area (Å²) in [7, 11) is 1.55. The number of aromatic nitrogens is 3. The Bertz CT molecular complexity index is 760. The van der Waals surface area contributed by atoms with E-state index in [1.807, 2.05) is 43.0 Å². The smallest absolute Gasteiger partial charge is 0.248 e. The highest BCUT2D eigenvalue weighted by Crippen LogP contribution is 2.27. The molecule has 1 fully saturated rings. The molecule has 1 amide bonds. The summed E-state index contributed by atoms with van der Waals surface area (Å²) in [5.41, 5.74) is 2.81. The molecule has 3 rings (SSSR count). The van der Waals surface area contributed by atoms with Crippen LogP contribution in [0.2, 0.25) is 0 Å². The number of pyridine rings is 1. The van der Waals surface area contributed by atoms with Crippen LogP contribution in [0.15, 0.2) is 24.3 Å². The second-order valence-electron chi connectivity index (χ2n) is 6.66. The number of hydrogen-bond acceptors (Lipinski definition) is 6. The number of ether oxygens (including phenoxy) is 1. The van der Waals surface area contributed by atoms with Gasteiger partial charge in [-0.25, -0.2) is 15.0 Å². The highest BCUT2D eigenvalue weighted by molar-refractivity contribution is 5.77. The first kappa shape index (κ1) is 18.3. The summed E-state index contributed by atoms with van der Waals surface area (Å²) in [6.45, 7) is 5.48. The molecule has 0 aliphatic carbocycles. The summed E-state index contributed by atoms with van der Waals surface area (Å²) in [6, 6.07) is 7.83. The van der Waals surface area contributed by atoms with Gasteiger partial charge in [0, 0.05) is 43.2 Å². The minimum Gasteiger partial charge on any atom is -0.375 e. The first-order valence-corrected chi connectivity index (χ1v) is 8.88. The molecule has 1 N–H and O–H groups in total. The van der Waals surface area contributed by atoms with E-state index in [2.05, 4.69) is 15.3 Å². The lowest BCUT2D eigenvalue weighted by Crippen LogP contribution is -2.41. The number of amides is 1. The third-order valence-electron chi connectivity index (χ3n) is 4.45. The molecule has 0 saturated carbocycles. The Morgan fingerprint density at radius 2 is 2.04 bits per heavy atom. The van der Waals surface area contributed by atoms with Gasteiger partial charge in [0.25, 0.3) is 0 Å². The zero-order valence-electron chi connectivity index (χ0n) is 15.5. The molecule has 0 radical (unpaired) electrons. The monoisotopic (exact) mass is 355 g/mol. The summed E-state index contributed by atoms with van der Waals surface area (Å²) >= 11 is 0. The summed E-state index contributed by atoms with van der Waals surface area (Å²) in [4.78, 5) is 27.5. The zero-order chi connectivity index (χ0) is 18.5. The predicted octanol–water partition coefficient (Wildman–Crippen LogP) is 2.58. The molecular weight excluding hydrogens is 330 g/mol. The summed E-state index contributed by atoms with van der Waals surface area (Å²) in [6.07, 6.45) is 1.99. The molecule has 0 unspecified atom stereocenters. The zero-order valence-corrected chi connectivity index (χ0v) is 15.5. The Morgan fingerprint density at radius 1 is 1.27 bits per heavy atom. The number of anilines is 2. The number of aryl methyl sites for hydroxylation is 2. The lowest BCUT2D eigenvalue weighted by Gasteiger charge is -2.32. The maximum absolute atomic E-state index is 12.1. The number of carbonyl (C=O) groups is 1. The van der Waals surface area contributed by atoms with Gasteiger partial charge in [0.15, 0.2) is 0 Å². The summed E-state index contributed by atoms with van der Waals surface area (Å²) in [5.74, 6) is 1.53. The molecule has 0 bridgehead atoms. The maximum atomic E-state index is 12.1. The van der Waals surface area contributed by atoms with Crippen molar-refractivity contribution >= 4 is 17.7 Å². The molecule has 0 aromatic carbocycles. The molecule has 7 nitrogen and oxygen atoms in total. The molecule has 138 valence electrons. The predicted molar refractivity (Wildman–Crippen MR) is 99.5 cm³/mol. The van der Waals surface area contributed by atoms with E-state index in [0.717, 1.165) is 36.5 Å². The largest absolute Gasteiger partial charge is 0.375 e. The molecule has 1 aliphatic rings. The van der Waals surface area contributed by atoms with E-state index in [4.69, 9.17) is 9.72 Å². The summed E-state index contributed by atoms with van der Waals surface area (Å²) < 4.78 is 4.97. The average molecular weight is 355 g/mol. The van der Waals surface area contributed by atoms with E-state index < -0.39 is 0 Å². The first-order chi connectivity index (χ1) is 12.5. The van der Waals surface area contributed by atoms with Gasteiger partial charge in [-0.2, -0.15) is 0 Å². The maximum Gasteiger partial charge on any atom is 0.248 e. The third-order valence-corrected chi connectivity index (χ3v) is 4.45. The number of nitrogens with one attached hydrogen (secondary N) is 1. The molecule has 26 heavy (non-hydrogen) atoms. The SMILES string of the molecule is COCC(=O)N1CCC[C@@H](c2cccc(Nc3nc(C)cc(C)n3)n2)C1. The molecule has 1 aliphatic heterocycles. The van der Waals surface area contributed by atoms with Gasteiger partial charge in [0.2, 0.25) is 11.9 Å². The van der Waals surface area contributed by atoms with Gasteiger partial charge in [-0.1, -0.05) is 6.07 Å². The number of nitrogens with zero attached hydrogens (tertiary/aromatic N) is 4. The fourth-order valence-electron chi connectivity index (χ4n) is 3.30. The van der Waals surface area contributed by atoms with E-state index in [9.17, 15) is 4.79 Å². The normalized spacial score (nSPS) is 17.2. The number of likely N-dealkylation sites (tertiary alicyclic amines) is 1. The number of piperidine rings is 1. The van der Waals surface area contributed by atoms with Crippen molar-refractivity contribution in [3.05, 3.63) is 41.3 Å². The lowest BCUT2D eigenvalue weighted by molar-refractivity contribution is -0.136.